The van der Waals surface area contributed by atoms with Crippen molar-refractivity contribution in [1.82, 2.24) is 0 Å². The molecule has 0 spiro atoms. The molecule has 0 N–H and O–H groups in total. The van der Waals surface area contributed by atoms with E-state index in [0.29, 0.717) is 0 Å². The zero-order chi connectivity index (χ0) is 13.1. The average Bonchev–Trinajstić information content (AvgIpc) is 2.71. The van der Waals surface area contributed by atoms with Crippen molar-refractivity contribution in [2.75, 3.05) is 0 Å². The van der Waals surface area contributed by atoms with Crippen LogP contribution in [0.3, 0.4) is 0 Å². The highest BCUT2D eigenvalue weighted by molar-refractivity contribution is 5.85. The minimum Gasteiger partial charge on any atom is -0.461 e. The van der Waals surface area contributed by atoms with Crippen LogP contribution in [0.15, 0.2) is 71.2 Å². The Hall–Kier alpha value is -2.28. The molecule has 1 nitrogen and oxygen atoms in total. The predicted molar refractivity (Wildman–Crippen MR) is 79.8 cm³/mol. The number of rotatable bonds is 2. The number of allylic oxidation sites excluding steroid dienone is 6. The van der Waals surface area contributed by atoms with Gasteiger partial charge in [0.05, 0.1) is 0 Å². The Morgan fingerprint density at radius 3 is 2.58 bits per heavy atom. The fourth-order valence-electron chi connectivity index (χ4n) is 2.29. The van der Waals surface area contributed by atoms with Gasteiger partial charge in [-0.25, -0.2) is 0 Å². The first-order valence-electron chi connectivity index (χ1n) is 6.54. The van der Waals surface area contributed by atoms with Crippen molar-refractivity contribution in [2.24, 2.45) is 0 Å². The predicted octanol–water partition coefficient (Wildman–Crippen LogP) is 5.15. The first-order chi connectivity index (χ1) is 9.34. The maximum atomic E-state index is 5.76. The van der Waals surface area contributed by atoms with Gasteiger partial charge in [0, 0.05) is 5.56 Å². The van der Waals surface area contributed by atoms with Crippen LogP contribution in [0.25, 0.3) is 16.9 Å². The molecule has 0 bridgehead atoms. The normalized spacial score (nSPS) is 14.3. The molecule has 1 heterocycles. The molecule has 1 aliphatic carbocycles. The molecule has 1 aromatic heterocycles. The van der Waals surface area contributed by atoms with E-state index in [-0.39, 0.29) is 0 Å². The molecule has 0 saturated heterocycles. The van der Waals surface area contributed by atoms with Gasteiger partial charge in [0.1, 0.15) is 11.5 Å². The molecule has 1 aliphatic rings. The van der Waals surface area contributed by atoms with Crippen molar-refractivity contribution in [3.63, 3.8) is 0 Å². The zero-order valence-electron chi connectivity index (χ0n) is 11.0. The van der Waals surface area contributed by atoms with Crippen LogP contribution >= 0.6 is 0 Å². The molecule has 1 aromatic carbocycles. The SMILES string of the molecule is Cc1ccc(-c2ccccc2C2=CC=CCC=C2)o1. The van der Waals surface area contributed by atoms with E-state index in [1.54, 1.807) is 0 Å². The number of hydrogen-bond donors (Lipinski definition) is 0. The Balaban J connectivity index is 2.12. The summed E-state index contributed by atoms with van der Waals surface area (Å²) in [6, 6.07) is 12.4. The maximum absolute atomic E-state index is 5.76. The van der Waals surface area contributed by atoms with Crippen LogP contribution in [0.5, 0.6) is 0 Å². The van der Waals surface area contributed by atoms with Crippen molar-refractivity contribution in [3.8, 4) is 11.3 Å². The molecule has 2 aromatic rings. The summed E-state index contributed by atoms with van der Waals surface area (Å²) in [7, 11) is 0. The highest BCUT2D eigenvalue weighted by Gasteiger charge is 2.10. The van der Waals surface area contributed by atoms with Crippen molar-refractivity contribution in [3.05, 3.63) is 78.1 Å². The first kappa shape index (κ1) is 11.8. The average molecular weight is 248 g/mol. The fraction of sp³-hybridized carbons (Fsp3) is 0.111. The lowest BCUT2D eigenvalue weighted by atomic mass is 9.97. The van der Waals surface area contributed by atoms with Crippen LogP contribution < -0.4 is 0 Å². The third-order valence-electron chi connectivity index (χ3n) is 3.23. The van der Waals surface area contributed by atoms with Gasteiger partial charge in [-0.1, -0.05) is 54.6 Å². The molecule has 3 rings (SSSR count). The Labute approximate surface area is 113 Å². The second-order valence-electron chi connectivity index (χ2n) is 4.64. The lowest BCUT2D eigenvalue weighted by molar-refractivity contribution is 0.548. The second kappa shape index (κ2) is 5.15. The monoisotopic (exact) mass is 248 g/mol. The number of benzene rings is 1. The van der Waals surface area contributed by atoms with Gasteiger partial charge in [0.2, 0.25) is 0 Å². The zero-order valence-corrected chi connectivity index (χ0v) is 11.0. The summed E-state index contributed by atoms with van der Waals surface area (Å²) in [5.74, 6) is 1.87. The molecule has 0 radical (unpaired) electrons. The summed E-state index contributed by atoms with van der Waals surface area (Å²) >= 11 is 0. The standard InChI is InChI=1S/C18H16O/c1-14-12-13-18(19-14)17-11-7-6-10-16(17)15-8-4-2-3-5-9-15/h2,4-13H,3H2,1H3. The van der Waals surface area contributed by atoms with Gasteiger partial charge in [0.15, 0.2) is 0 Å². The molecular formula is C18H16O. The minimum atomic E-state index is 0.927. The van der Waals surface area contributed by atoms with E-state index in [4.69, 9.17) is 4.42 Å². The molecule has 0 saturated carbocycles. The van der Waals surface area contributed by atoms with Gasteiger partial charge in [-0.2, -0.15) is 0 Å². The quantitative estimate of drug-likeness (QED) is 0.716. The second-order valence-corrected chi connectivity index (χ2v) is 4.64. The largest absolute Gasteiger partial charge is 0.461 e. The smallest absolute Gasteiger partial charge is 0.134 e. The van der Waals surface area contributed by atoms with E-state index < -0.39 is 0 Å². The van der Waals surface area contributed by atoms with Gasteiger partial charge in [-0.05, 0) is 36.6 Å². The van der Waals surface area contributed by atoms with Crippen LogP contribution in [0, 0.1) is 6.92 Å². The van der Waals surface area contributed by atoms with Crippen LogP contribution in [-0.4, -0.2) is 0 Å². The van der Waals surface area contributed by atoms with Crippen molar-refractivity contribution >= 4 is 5.57 Å². The number of aryl methyl sites for hydroxylation is 1. The highest BCUT2D eigenvalue weighted by Crippen LogP contribution is 2.31. The highest BCUT2D eigenvalue weighted by atomic mass is 16.3. The van der Waals surface area contributed by atoms with Gasteiger partial charge in [-0.3, -0.25) is 0 Å². The van der Waals surface area contributed by atoms with E-state index in [9.17, 15) is 0 Å². The molecule has 0 amide bonds. The summed E-state index contributed by atoms with van der Waals surface area (Å²) in [4.78, 5) is 0. The van der Waals surface area contributed by atoms with E-state index in [1.807, 2.05) is 25.1 Å². The number of hydrogen-bond acceptors (Lipinski definition) is 1. The van der Waals surface area contributed by atoms with Crippen LogP contribution in [0.1, 0.15) is 17.7 Å². The van der Waals surface area contributed by atoms with E-state index in [0.717, 1.165) is 23.5 Å². The summed E-state index contributed by atoms with van der Waals surface area (Å²) in [5.41, 5.74) is 3.57. The third kappa shape index (κ3) is 2.45. The fourth-order valence-corrected chi connectivity index (χ4v) is 2.29. The molecule has 0 aliphatic heterocycles. The molecule has 94 valence electrons. The molecule has 0 atom stereocenters. The lowest BCUT2D eigenvalue weighted by Crippen LogP contribution is -1.86. The van der Waals surface area contributed by atoms with Crippen LogP contribution in [-0.2, 0) is 0 Å². The molecular weight excluding hydrogens is 232 g/mol. The summed E-state index contributed by atoms with van der Waals surface area (Å²) in [6.45, 7) is 1.97. The van der Waals surface area contributed by atoms with Crippen molar-refractivity contribution < 1.29 is 4.42 Å². The van der Waals surface area contributed by atoms with Crippen LogP contribution in [0.2, 0.25) is 0 Å². The van der Waals surface area contributed by atoms with Crippen molar-refractivity contribution in [2.45, 2.75) is 13.3 Å². The Morgan fingerprint density at radius 1 is 0.947 bits per heavy atom. The minimum absolute atomic E-state index is 0.927. The Morgan fingerprint density at radius 2 is 1.79 bits per heavy atom. The number of furan rings is 1. The van der Waals surface area contributed by atoms with E-state index >= 15 is 0 Å². The van der Waals surface area contributed by atoms with Crippen LogP contribution in [0.4, 0.5) is 0 Å². The summed E-state index contributed by atoms with van der Waals surface area (Å²) < 4.78 is 5.76. The topological polar surface area (TPSA) is 13.1 Å². The van der Waals surface area contributed by atoms with E-state index in [1.165, 1.54) is 11.1 Å². The lowest BCUT2D eigenvalue weighted by Gasteiger charge is -2.08. The first-order valence-corrected chi connectivity index (χ1v) is 6.54. The third-order valence-corrected chi connectivity index (χ3v) is 3.23. The Kier molecular flexibility index (Phi) is 3.20. The summed E-state index contributed by atoms with van der Waals surface area (Å²) in [6.07, 6.45) is 11.8. The van der Waals surface area contributed by atoms with Gasteiger partial charge in [0.25, 0.3) is 0 Å². The maximum Gasteiger partial charge on any atom is 0.134 e. The summed E-state index contributed by atoms with van der Waals surface area (Å²) in [5, 5.41) is 0. The molecule has 0 unspecified atom stereocenters. The van der Waals surface area contributed by atoms with Gasteiger partial charge < -0.3 is 4.42 Å². The molecule has 1 heteroatoms. The molecule has 0 fully saturated rings. The molecule has 19 heavy (non-hydrogen) atoms. The van der Waals surface area contributed by atoms with E-state index in [2.05, 4.69) is 48.6 Å². The van der Waals surface area contributed by atoms with Gasteiger partial charge in [-0.15, -0.1) is 0 Å². The van der Waals surface area contributed by atoms with Crippen molar-refractivity contribution in [1.29, 1.82) is 0 Å². The Bertz CT molecular complexity index is 669. The van der Waals surface area contributed by atoms with Gasteiger partial charge >= 0.3 is 0 Å².